The third-order valence-electron chi connectivity index (χ3n) is 11.6. The summed E-state index contributed by atoms with van der Waals surface area (Å²) in [5.41, 5.74) is 1.47. The first-order valence-corrected chi connectivity index (χ1v) is 11.6. The van der Waals surface area contributed by atoms with Gasteiger partial charge in [-0.25, -0.2) is 0 Å². The summed E-state index contributed by atoms with van der Waals surface area (Å²) < 4.78 is 19.6. The molecule has 0 N–H and O–H groups in total. The van der Waals surface area contributed by atoms with E-state index >= 15 is 0 Å². The van der Waals surface area contributed by atoms with Crippen LogP contribution >= 0.6 is 0 Å². The van der Waals surface area contributed by atoms with Gasteiger partial charge in [-0.3, -0.25) is 0 Å². The highest BCUT2D eigenvalue weighted by Crippen LogP contribution is 2.72. The summed E-state index contributed by atoms with van der Waals surface area (Å²) in [5, 5.41) is 0. The van der Waals surface area contributed by atoms with Gasteiger partial charge in [0.05, 0.1) is 12.2 Å². The average Bonchev–Trinajstić information content (AvgIpc) is 3.33. The van der Waals surface area contributed by atoms with Gasteiger partial charge in [0.2, 0.25) is 0 Å². The molecule has 3 nitrogen and oxygen atoms in total. The van der Waals surface area contributed by atoms with E-state index in [0.717, 1.165) is 24.7 Å². The second-order valence-electron chi connectivity index (χ2n) is 12.5. The SMILES string of the molecule is CC1(C)C2CCC1(C)C1OC(OC3CC4C5CCC(C)(C4O3)C5(C)C)CC21. The molecule has 0 aromatic carbocycles. The van der Waals surface area contributed by atoms with E-state index in [0.29, 0.717) is 45.7 Å². The lowest BCUT2D eigenvalue weighted by Crippen LogP contribution is -2.39. The van der Waals surface area contributed by atoms with Crippen molar-refractivity contribution in [2.75, 3.05) is 0 Å². The van der Waals surface area contributed by atoms with Gasteiger partial charge in [0, 0.05) is 12.8 Å². The second-order valence-corrected chi connectivity index (χ2v) is 12.5. The Bertz CT molecular complexity index is 615. The molecule has 6 rings (SSSR count). The van der Waals surface area contributed by atoms with Crippen molar-refractivity contribution in [2.45, 2.75) is 105 Å². The predicted molar refractivity (Wildman–Crippen MR) is 104 cm³/mol. The Morgan fingerprint density at radius 2 is 1.07 bits per heavy atom. The van der Waals surface area contributed by atoms with Gasteiger partial charge in [-0.05, 0) is 71.0 Å². The molecule has 4 aliphatic carbocycles. The normalized spacial score (nSPS) is 61.6. The highest BCUT2D eigenvalue weighted by molar-refractivity contribution is 5.18. The molecule has 6 aliphatic rings. The molecular weight excluding hydrogens is 336 g/mol. The molecule has 10 unspecified atom stereocenters. The van der Waals surface area contributed by atoms with E-state index in [4.69, 9.17) is 14.2 Å². The van der Waals surface area contributed by atoms with E-state index in [-0.39, 0.29) is 12.6 Å². The summed E-state index contributed by atoms with van der Waals surface area (Å²) in [6.45, 7) is 14.8. The molecule has 0 aromatic heterocycles. The summed E-state index contributed by atoms with van der Waals surface area (Å²) >= 11 is 0. The van der Waals surface area contributed by atoms with E-state index in [9.17, 15) is 0 Å². The van der Waals surface area contributed by atoms with Crippen LogP contribution in [0, 0.1) is 45.3 Å². The van der Waals surface area contributed by atoms with Crippen LogP contribution < -0.4 is 0 Å². The average molecular weight is 375 g/mol. The Morgan fingerprint density at radius 3 is 1.44 bits per heavy atom. The maximum absolute atomic E-state index is 6.58. The molecule has 2 heterocycles. The van der Waals surface area contributed by atoms with Gasteiger partial charge in [0.25, 0.3) is 0 Å². The van der Waals surface area contributed by atoms with Crippen molar-refractivity contribution in [1.82, 2.24) is 0 Å². The van der Waals surface area contributed by atoms with E-state index in [1.54, 1.807) is 0 Å². The first-order valence-electron chi connectivity index (χ1n) is 11.6. The maximum Gasteiger partial charge on any atom is 0.161 e. The van der Waals surface area contributed by atoms with Gasteiger partial charge in [0.1, 0.15) is 0 Å². The van der Waals surface area contributed by atoms with Crippen LogP contribution in [0.4, 0.5) is 0 Å². The van der Waals surface area contributed by atoms with Gasteiger partial charge in [-0.2, -0.15) is 0 Å². The zero-order valence-electron chi connectivity index (χ0n) is 18.1. The fourth-order valence-corrected chi connectivity index (χ4v) is 9.31. The monoisotopic (exact) mass is 374 g/mol. The Morgan fingerprint density at radius 1 is 0.667 bits per heavy atom. The Hall–Kier alpha value is -0.120. The molecule has 0 amide bonds. The zero-order valence-corrected chi connectivity index (χ0v) is 18.1. The smallest absolute Gasteiger partial charge is 0.161 e. The number of fused-ring (bicyclic) bond motifs is 10. The third kappa shape index (κ3) is 1.83. The van der Waals surface area contributed by atoms with Crippen molar-refractivity contribution < 1.29 is 14.2 Å². The van der Waals surface area contributed by atoms with Crippen LogP contribution in [0.25, 0.3) is 0 Å². The van der Waals surface area contributed by atoms with Crippen molar-refractivity contribution in [3.63, 3.8) is 0 Å². The van der Waals surface area contributed by atoms with Crippen LogP contribution in [0.1, 0.15) is 80.1 Å². The minimum atomic E-state index is -0.0432. The van der Waals surface area contributed by atoms with Gasteiger partial charge < -0.3 is 14.2 Å². The van der Waals surface area contributed by atoms with Crippen LogP contribution in [0.2, 0.25) is 0 Å². The van der Waals surface area contributed by atoms with Gasteiger partial charge in [-0.1, -0.05) is 41.5 Å². The molecule has 10 atom stereocenters. The highest BCUT2D eigenvalue weighted by Gasteiger charge is 2.71. The number of rotatable bonds is 2. The van der Waals surface area contributed by atoms with E-state index in [1.807, 2.05) is 0 Å². The Labute approximate surface area is 164 Å². The third-order valence-corrected chi connectivity index (χ3v) is 11.6. The van der Waals surface area contributed by atoms with Crippen molar-refractivity contribution >= 4 is 0 Å². The van der Waals surface area contributed by atoms with E-state index < -0.39 is 0 Å². The molecule has 4 bridgehead atoms. The molecule has 27 heavy (non-hydrogen) atoms. The first kappa shape index (κ1) is 17.7. The standard InChI is InChI=1S/C24H38O3/c1-21(2)15-7-9-23(21,5)19-13(15)11-17(26-19)25-18-12-14-16-8-10-24(6,20(14)27-18)22(16,3)4/h13-20H,7-12H2,1-6H3. The minimum absolute atomic E-state index is 0.0432. The fraction of sp³-hybridized carbons (Fsp3) is 1.00. The quantitative estimate of drug-likeness (QED) is 0.650. The number of hydrogen-bond donors (Lipinski definition) is 0. The molecule has 2 saturated heterocycles. The summed E-state index contributed by atoms with van der Waals surface area (Å²) in [4.78, 5) is 0. The van der Waals surface area contributed by atoms with Crippen molar-refractivity contribution in [3.05, 3.63) is 0 Å². The zero-order chi connectivity index (χ0) is 19.0. The summed E-state index contributed by atoms with van der Waals surface area (Å²) in [5.74, 6) is 3.00. The lowest BCUT2D eigenvalue weighted by molar-refractivity contribution is -0.252. The van der Waals surface area contributed by atoms with E-state index in [2.05, 4.69) is 41.5 Å². The second kappa shape index (κ2) is 4.95. The van der Waals surface area contributed by atoms with Crippen LogP contribution in [0.3, 0.4) is 0 Å². The highest BCUT2D eigenvalue weighted by atomic mass is 16.8. The van der Waals surface area contributed by atoms with Crippen molar-refractivity contribution in [2.24, 2.45) is 45.3 Å². The Kier molecular flexibility index (Phi) is 3.25. The van der Waals surface area contributed by atoms with Gasteiger partial charge >= 0.3 is 0 Å². The molecule has 4 saturated carbocycles. The minimum Gasteiger partial charge on any atom is -0.348 e. The van der Waals surface area contributed by atoms with Crippen molar-refractivity contribution in [3.8, 4) is 0 Å². The lowest BCUT2D eigenvalue weighted by Gasteiger charge is -2.39. The van der Waals surface area contributed by atoms with Crippen LogP contribution in [0.15, 0.2) is 0 Å². The molecule has 3 heteroatoms. The number of hydrogen-bond acceptors (Lipinski definition) is 3. The molecule has 152 valence electrons. The van der Waals surface area contributed by atoms with E-state index in [1.165, 1.54) is 25.7 Å². The summed E-state index contributed by atoms with van der Waals surface area (Å²) in [6, 6.07) is 0. The van der Waals surface area contributed by atoms with Crippen LogP contribution in [-0.4, -0.2) is 24.8 Å². The predicted octanol–water partition coefficient (Wildman–Crippen LogP) is 5.38. The van der Waals surface area contributed by atoms with Gasteiger partial charge in [0.15, 0.2) is 12.6 Å². The Balaban J connectivity index is 1.15. The maximum atomic E-state index is 6.58. The fourth-order valence-electron chi connectivity index (χ4n) is 9.31. The topological polar surface area (TPSA) is 27.7 Å². The number of ether oxygens (including phenoxy) is 3. The molecule has 2 aliphatic heterocycles. The molecule has 6 fully saturated rings. The van der Waals surface area contributed by atoms with Crippen molar-refractivity contribution in [1.29, 1.82) is 0 Å². The van der Waals surface area contributed by atoms with Gasteiger partial charge in [-0.15, -0.1) is 0 Å². The summed E-state index contributed by atoms with van der Waals surface area (Å²) in [7, 11) is 0. The lowest BCUT2D eigenvalue weighted by atomic mass is 9.70. The molecule has 0 spiro atoms. The summed E-state index contributed by atoms with van der Waals surface area (Å²) in [6.07, 6.45) is 8.24. The largest absolute Gasteiger partial charge is 0.348 e. The molecular formula is C24H38O3. The first-order chi connectivity index (χ1) is 12.6. The molecule has 0 aromatic rings. The molecule has 0 radical (unpaired) electrons. The van der Waals surface area contributed by atoms with Crippen LogP contribution in [0.5, 0.6) is 0 Å². The van der Waals surface area contributed by atoms with Crippen LogP contribution in [-0.2, 0) is 14.2 Å².